The Labute approximate surface area is 230 Å². The molecule has 39 heavy (non-hydrogen) atoms. The second kappa shape index (κ2) is 11.9. The van der Waals surface area contributed by atoms with E-state index < -0.39 is 0 Å². The third kappa shape index (κ3) is 6.19. The fourth-order valence-corrected chi connectivity index (χ4v) is 6.40. The summed E-state index contributed by atoms with van der Waals surface area (Å²) in [7, 11) is 0. The zero-order valence-corrected chi connectivity index (χ0v) is 22.6. The lowest BCUT2D eigenvalue weighted by molar-refractivity contribution is -0.130. The fraction of sp³-hybridized carbons (Fsp3) is 0.484. The summed E-state index contributed by atoms with van der Waals surface area (Å²) in [6.45, 7) is 6.72. The van der Waals surface area contributed by atoms with Crippen molar-refractivity contribution in [3.63, 3.8) is 0 Å². The molecule has 2 saturated heterocycles. The molecule has 0 spiro atoms. The first-order chi connectivity index (χ1) is 19.1. The van der Waals surface area contributed by atoms with Crippen molar-refractivity contribution in [3.8, 4) is 0 Å². The molecule has 1 aliphatic carbocycles. The molecule has 0 saturated carbocycles. The number of aromatic amines is 1. The molecule has 8 heteroatoms. The van der Waals surface area contributed by atoms with Crippen LogP contribution in [0.15, 0.2) is 48.7 Å². The number of aromatic nitrogens is 1. The number of morpholine rings is 1. The Hall–Kier alpha value is -3.20. The number of amides is 2. The molecule has 6 rings (SSSR count). The van der Waals surface area contributed by atoms with Gasteiger partial charge in [-0.2, -0.15) is 0 Å². The third-order valence-electron chi connectivity index (χ3n) is 8.53. The molecule has 3 N–H and O–H groups in total. The second-order valence-electron chi connectivity index (χ2n) is 11.3. The highest BCUT2D eigenvalue weighted by Crippen LogP contribution is 2.29. The van der Waals surface area contributed by atoms with Crippen molar-refractivity contribution in [3.05, 3.63) is 65.4 Å². The molecular weight excluding hydrogens is 490 g/mol. The maximum Gasteiger partial charge on any atom is 0.228 e. The molecule has 2 atom stereocenters. The average molecular weight is 530 g/mol. The van der Waals surface area contributed by atoms with Crippen LogP contribution in [0.1, 0.15) is 29.5 Å². The van der Waals surface area contributed by atoms with Crippen molar-refractivity contribution in [2.24, 2.45) is 11.8 Å². The smallest absolute Gasteiger partial charge is 0.228 e. The highest BCUT2D eigenvalue weighted by atomic mass is 16.5. The van der Waals surface area contributed by atoms with Crippen LogP contribution >= 0.6 is 0 Å². The van der Waals surface area contributed by atoms with Crippen molar-refractivity contribution in [1.82, 2.24) is 20.1 Å². The van der Waals surface area contributed by atoms with Crippen molar-refractivity contribution in [2.75, 3.05) is 57.8 Å². The lowest BCUT2D eigenvalue weighted by Gasteiger charge is -2.36. The van der Waals surface area contributed by atoms with E-state index in [0.29, 0.717) is 32.6 Å². The Bertz CT molecular complexity index is 1310. The Balaban J connectivity index is 1.14. The van der Waals surface area contributed by atoms with E-state index in [4.69, 9.17) is 4.74 Å². The average Bonchev–Trinajstić information content (AvgIpc) is 3.60. The topological polar surface area (TPSA) is 89.7 Å². The number of carbonyl (C=O) groups is 2. The van der Waals surface area contributed by atoms with E-state index in [9.17, 15) is 9.59 Å². The summed E-state index contributed by atoms with van der Waals surface area (Å²) in [6.07, 6.45) is 5.99. The maximum absolute atomic E-state index is 13.5. The van der Waals surface area contributed by atoms with E-state index in [0.717, 1.165) is 56.9 Å². The number of carbonyl (C=O) groups excluding carboxylic acids is 2. The SMILES string of the molecule is O=C(NCCN1CCOCC1)[C@H]1C[C@@H](C(=O)Nc2ccc3c(c2)CCC3)CN(Cc2c[nH]c3ccccc23)C1. The van der Waals surface area contributed by atoms with Gasteiger partial charge in [0.25, 0.3) is 0 Å². The molecule has 3 aliphatic rings. The molecular formula is C31H39N5O3. The number of benzene rings is 2. The van der Waals surface area contributed by atoms with Crippen molar-refractivity contribution in [2.45, 2.75) is 32.2 Å². The Morgan fingerprint density at radius 1 is 0.949 bits per heavy atom. The molecule has 0 unspecified atom stereocenters. The van der Waals surface area contributed by atoms with Gasteiger partial charge in [0.1, 0.15) is 0 Å². The van der Waals surface area contributed by atoms with Crippen LogP contribution < -0.4 is 10.6 Å². The standard InChI is InChI=1S/C31H39N5O3/c37-30(32-10-11-35-12-14-39-15-13-35)24-16-25(31(38)34-27-9-8-22-4-3-5-23(22)17-27)20-36(19-24)21-26-18-33-29-7-2-1-6-28(26)29/h1-2,6-9,17-18,24-25,33H,3-5,10-16,19-21H2,(H,32,37)(H,34,38)/t24-,25+/m0/s1. The van der Waals surface area contributed by atoms with Crippen LogP contribution in [-0.2, 0) is 33.7 Å². The number of fused-ring (bicyclic) bond motifs is 2. The van der Waals surface area contributed by atoms with E-state index in [1.807, 2.05) is 18.2 Å². The molecule has 2 fully saturated rings. The van der Waals surface area contributed by atoms with Crippen LogP contribution in [0.3, 0.4) is 0 Å². The van der Waals surface area contributed by atoms with Gasteiger partial charge in [-0.15, -0.1) is 0 Å². The molecule has 0 radical (unpaired) electrons. The monoisotopic (exact) mass is 529 g/mol. The highest BCUT2D eigenvalue weighted by molar-refractivity contribution is 5.93. The summed E-state index contributed by atoms with van der Waals surface area (Å²) < 4.78 is 5.43. The summed E-state index contributed by atoms with van der Waals surface area (Å²) in [5, 5.41) is 7.52. The Morgan fingerprint density at radius 2 is 1.74 bits per heavy atom. The molecule has 3 heterocycles. The van der Waals surface area contributed by atoms with Gasteiger partial charge in [0.15, 0.2) is 0 Å². The molecule has 2 amide bonds. The number of hydrogen-bond acceptors (Lipinski definition) is 5. The third-order valence-corrected chi connectivity index (χ3v) is 8.53. The number of nitrogens with one attached hydrogen (secondary N) is 3. The van der Waals surface area contributed by atoms with Crippen LogP contribution in [0.2, 0.25) is 0 Å². The Morgan fingerprint density at radius 3 is 2.62 bits per heavy atom. The molecule has 206 valence electrons. The van der Waals surface area contributed by atoms with Gasteiger partial charge in [-0.1, -0.05) is 24.3 Å². The van der Waals surface area contributed by atoms with Crippen molar-refractivity contribution in [1.29, 1.82) is 0 Å². The fourth-order valence-electron chi connectivity index (χ4n) is 6.40. The molecule has 8 nitrogen and oxygen atoms in total. The van der Waals surface area contributed by atoms with E-state index in [1.165, 1.54) is 28.5 Å². The predicted octanol–water partition coefficient (Wildman–Crippen LogP) is 3.18. The van der Waals surface area contributed by atoms with Gasteiger partial charge in [-0.3, -0.25) is 19.4 Å². The van der Waals surface area contributed by atoms with Crippen molar-refractivity contribution < 1.29 is 14.3 Å². The van der Waals surface area contributed by atoms with Gasteiger partial charge < -0.3 is 20.4 Å². The van der Waals surface area contributed by atoms with Gasteiger partial charge in [0, 0.05) is 68.6 Å². The molecule has 0 bridgehead atoms. The summed E-state index contributed by atoms with van der Waals surface area (Å²) in [4.78, 5) is 34.8. The first-order valence-corrected chi connectivity index (χ1v) is 14.4. The van der Waals surface area contributed by atoms with E-state index in [-0.39, 0.29) is 23.7 Å². The summed E-state index contributed by atoms with van der Waals surface area (Å²) in [5.41, 5.74) is 5.89. The van der Waals surface area contributed by atoms with Gasteiger partial charge in [0.2, 0.25) is 11.8 Å². The van der Waals surface area contributed by atoms with Crippen LogP contribution in [-0.4, -0.2) is 79.1 Å². The summed E-state index contributed by atoms with van der Waals surface area (Å²) in [5.74, 6) is -0.443. The lowest BCUT2D eigenvalue weighted by Crippen LogP contribution is -2.50. The maximum atomic E-state index is 13.5. The van der Waals surface area contributed by atoms with E-state index in [1.54, 1.807) is 0 Å². The van der Waals surface area contributed by atoms with Crippen LogP contribution in [0.25, 0.3) is 10.9 Å². The number of rotatable bonds is 8. The van der Waals surface area contributed by atoms with Crippen molar-refractivity contribution >= 4 is 28.4 Å². The van der Waals surface area contributed by atoms with E-state index >= 15 is 0 Å². The van der Waals surface area contributed by atoms with Gasteiger partial charge in [-0.25, -0.2) is 0 Å². The number of likely N-dealkylation sites (tertiary alicyclic amines) is 1. The Kier molecular flexibility index (Phi) is 7.95. The van der Waals surface area contributed by atoms with Crippen LogP contribution in [0.4, 0.5) is 5.69 Å². The first kappa shape index (κ1) is 26.0. The number of H-pyrrole nitrogens is 1. The minimum Gasteiger partial charge on any atom is -0.379 e. The number of anilines is 1. The second-order valence-corrected chi connectivity index (χ2v) is 11.3. The van der Waals surface area contributed by atoms with E-state index in [2.05, 4.69) is 55.9 Å². The number of hydrogen-bond donors (Lipinski definition) is 3. The molecule has 3 aromatic rings. The first-order valence-electron chi connectivity index (χ1n) is 14.4. The number of aryl methyl sites for hydroxylation is 2. The zero-order valence-electron chi connectivity index (χ0n) is 22.6. The molecule has 1 aromatic heterocycles. The van der Waals surface area contributed by atoms with Crippen LogP contribution in [0.5, 0.6) is 0 Å². The number of piperidine rings is 1. The quantitative estimate of drug-likeness (QED) is 0.417. The largest absolute Gasteiger partial charge is 0.379 e. The summed E-state index contributed by atoms with van der Waals surface area (Å²) >= 11 is 0. The molecule has 2 aromatic carbocycles. The lowest BCUT2D eigenvalue weighted by atomic mass is 9.87. The number of ether oxygens (including phenoxy) is 1. The number of nitrogens with zero attached hydrogens (tertiary/aromatic N) is 2. The van der Waals surface area contributed by atoms with Gasteiger partial charge >= 0.3 is 0 Å². The number of para-hydroxylation sites is 1. The van der Waals surface area contributed by atoms with Crippen LogP contribution in [0, 0.1) is 11.8 Å². The highest BCUT2D eigenvalue weighted by Gasteiger charge is 2.35. The minimum atomic E-state index is -0.257. The minimum absolute atomic E-state index is 0.00249. The van der Waals surface area contributed by atoms with Gasteiger partial charge in [0.05, 0.1) is 25.0 Å². The summed E-state index contributed by atoms with van der Waals surface area (Å²) in [6, 6.07) is 14.6. The normalized spacial score (nSPS) is 22.1. The van der Waals surface area contributed by atoms with Gasteiger partial charge in [-0.05, 0) is 60.6 Å². The zero-order chi connectivity index (χ0) is 26.6. The predicted molar refractivity (Wildman–Crippen MR) is 153 cm³/mol. The molecule has 2 aliphatic heterocycles.